The average Bonchev–Trinajstić information content (AvgIpc) is 3.11. The molecule has 0 bridgehead atoms. The number of fused-ring (bicyclic) bond motifs is 1. The Labute approximate surface area is 109 Å². The van der Waals surface area contributed by atoms with Crippen molar-refractivity contribution in [2.45, 2.75) is 12.1 Å². The third-order valence-corrected chi connectivity index (χ3v) is 6.61. The van der Waals surface area contributed by atoms with Gasteiger partial charge in [0.15, 0.2) is 0 Å². The summed E-state index contributed by atoms with van der Waals surface area (Å²) in [6.07, 6.45) is 2.77. The zero-order valence-corrected chi connectivity index (χ0v) is 11.1. The Hall–Kier alpha value is -1.39. The van der Waals surface area contributed by atoms with Crippen molar-refractivity contribution in [1.29, 1.82) is 0 Å². The van der Waals surface area contributed by atoms with Gasteiger partial charge in [-0.2, -0.15) is 0 Å². The van der Waals surface area contributed by atoms with Gasteiger partial charge in [-0.1, -0.05) is 68.6 Å². The molecule has 0 amide bonds. The Morgan fingerprint density at radius 2 is 1.39 bits per heavy atom. The Bertz CT molecular complexity index is 598. The summed E-state index contributed by atoms with van der Waals surface area (Å²) in [6.45, 7) is 0. The van der Waals surface area contributed by atoms with E-state index < -0.39 is 0 Å². The van der Waals surface area contributed by atoms with Gasteiger partial charge >= 0.3 is 0 Å². The average molecular weight is 250 g/mol. The van der Waals surface area contributed by atoms with Crippen LogP contribution in [0.4, 0.5) is 0 Å². The van der Waals surface area contributed by atoms with E-state index >= 15 is 0 Å². The minimum atomic E-state index is 0.179. The molecule has 0 radical (unpaired) electrons. The Morgan fingerprint density at radius 1 is 0.778 bits per heavy atom. The second kappa shape index (κ2) is 4.07. The van der Waals surface area contributed by atoms with Gasteiger partial charge in [0.25, 0.3) is 0 Å². The minimum Gasteiger partial charge on any atom is -0.0698 e. The molecule has 2 aliphatic rings. The molecule has 88 valence electrons. The van der Waals surface area contributed by atoms with Crippen LogP contribution in [0.2, 0.25) is 0 Å². The highest BCUT2D eigenvalue weighted by Crippen LogP contribution is 2.76. The first-order chi connectivity index (χ1) is 8.93. The van der Waals surface area contributed by atoms with Crippen molar-refractivity contribution < 1.29 is 0 Å². The third kappa shape index (κ3) is 1.64. The van der Waals surface area contributed by atoms with Crippen LogP contribution in [0.5, 0.6) is 0 Å². The zero-order chi connectivity index (χ0) is 11.9. The molecule has 0 nitrogen and oxygen atoms in total. The van der Waals surface area contributed by atoms with Crippen LogP contribution in [-0.2, 0) is 0 Å². The highest BCUT2D eigenvalue weighted by atomic mass is 31.1. The maximum Gasteiger partial charge on any atom is -0.00851 e. The molecule has 1 fully saturated rings. The van der Waals surface area contributed by atoms with Gasteiger partial charge in [0.2, 0.25) is 0 Å². The smallest absolute Gasteiger partial charge is 0.00851 e. The molecule has 2 aromatic rings. The van der Waals surface area contributed by atoms with Crippen molar-refractivity contribution in [2.75, 3.05) is 6.16 Å². The molecule has 1 saturated heterocycles. The zero-order valence-electron chi connectivity index (χ0n) is 10.2. The van der Waals surface area contributed by atoms with E-state index in [9.17, 15) is 0 Å². The van der Waals surface area contributed by atoms with E-state index in [1.165, 1.54) is 23.7 Å². The third-order valence-electron chi connectivity index (χ3n) is 3.90. The van der Waals surface area contributed by atoms with E-state index in [0.717, 1.165) is 5.66 Å². The van der Waals surface area contributed by atoms with Crippen molar-refractivity contribution >= 4 is 18.8 Å². The van der Waals surface area contributed by atoms with Crippen LogP contribution >= 0.6 is 7.92 Å². The van der Waals surface area contributed by atoms with Crippen LogP contribution in [0.25, 0.3) is 10.9 Å². The van der Waals surface area contributed by atoms with Gasteiger partial charge in [-0.3, -0.25) is 0 Å². The van der Waals surface area contributed by atoms with Crippen LogP contribution in [0.1, 0.15) is 17.5 Å². The predicted molar refractivity (Wildman–Crippen MR) is 79.9 cm³/mol. The summed E-state index contributed by atoms with van der Waals surface area (Å²) in [5.74, 6) is 0. The molecule has 2 aliphatic heterocycles. The molecule has 2 heterocycles. The molecular formula is C17H15P. The van der Waals surface area contributed by atoms with Gasteiger partial charge < -0.3 is 0 Å². The first-order valence-electron chi connectivity index (χ1n) is 6.54. The van der Waals surface area contributed by atoms with Crippen LogP contribution in [0.15, 0.2) is 60.7 Å². The first kappa shape index (κ1) is 10.5. The molecule has 0 spiro atoms. The normalized spacial score (nSPS) is 25.1. The topological polar surface area (TPSA) is 0 Å². The van der Waals surface area contributed by atoms with E-state index in [1.807, 2.05) is 0 Å². The molecule has 4 rings (SSSR count). The van der Waals surface area contributed by atoms with Gasteiger partial charge in [0.05, 0.1) is 0 Å². The van der Waals surface area contributed by atoms with Crippen molar-refractivity contribution in [3.8, 4) is 0 Å². The summed E-state index contributed by atoms with van der Waals surface area (Å²) in [7, 11) is 0.179. The van der Waals surface area contributed by atoms with Crippen LogP contribution < -0.4 is 0 Å². The molecule has 2 aromatic carbocycles. The lowest BCUT2D eigenvalue weighted by Gasteiger charge is -2.11. The lowest BCUT2D eigenvalue weighted by Crippen LogP contribution is -1.89. The predicted octanol–water partition coefficient (Wildman–Crippen LogP) is 4.82. The lowest BCUT2D eigenvalue weighted by molar-refractivity contribution is 1.10. The van der Waals surface area contributed by atoms with Gasteiger partial charge in [-0.05, 0) is 40.3 Å². The van der Waals surface area contributed by atoms with Crippen molar-refractivity contribution in [2.24, 2.45) is 0 Å². The fourth-order valence-corrected chi connectivity index (χ4v) is 5.70. The van der Waals surface area contributed by atoms with E-state index in [-0.39, 0.29) is 7.92 Å². The highest BCUT2D eigenvalue weighted by molar-refractivity contribution is 7.77. The van der Waals surface area contributed by atoms with Crippen molar-refractivity contribution in [3.63, 3.8) is 0 Å². The molecule has 18 heavy (non-hydrogen) atoms. The molecule has 0 saturated carbocycles. The largest absolute Gasteiger partial charge is 0.0698 e. The molecule has 0 N–H and O–H groups in total. The SMILES string of the molecule is c1ccc(C2=C(c3ccccc3)P3CC3C2)cc1. The van der Waals surface area contributed by atoms with Gasteiger partial charge in [0.1, 0.15) is 0 Å². The number of hydrogen-bond donors (Lipinski definition) is 0. The number of hydrogen-bond acceptors (Lipinski definition) is 0. The van der Waals surface area contributed by atoms with Crippen LogP contribution in [-0.4, -0.2) is 11.8 Å². The minimum absolute atomic E-state index is 0.179. The summed E-state index contributed by atoms with van der Waals surface area (Å²) in [5.41, 5.74) is 5.50. The number of allylic oxidation sites excluding steroid dienone is 1. The van der Waals surface area contributed by atoms with Crippen LogP contribution in [0, 0.1) is 0 Å². The Balaban J connectivity index is 1.86. The number of benzene rings is 2. The first-order valence-corrected chi connectivity index (χ1v) is 8.14. The monoisotopic (exact) mass is 250 g/mol. The molecule has 2 atom stereocenters. The van der Waals surface area contributed by atoms with Crippen molar-refractivity contribution in [1.82, 2.24) is 0 Å². The van der Waals surface area contributed by atoms with E-state index in [4.69, 9.17) is 0 Å². The van der Waals surface area contributed by atoms with Gasteiger partial charge in [0, 0.05) is 0 Å². The molecule has 0 aromatic heterocycles. The van der Waals surface area contributed by atoms with Gasteiger partial charge in [-0.15, -0.1) is 0 Å². The Morgan fingerprint density at radius 3 is 2.06 bits per heavy atom. The number of rotatable bonds is 2. The standard InChI is InChI=1S/C17H15P/c1-3-7-13(8-4-1)16-11-15-12-18(15)17(16)14-9-5-2-6-10-14/h1-10,15H,11-12H2. The van der Waals surface area contributed by atoms with E-state index in [1.54, 1.807) is 10.9 Å². The quantitative estimate of drug-likeness (QED) is 0.670. The van der Waals surface area contributed by atoms with Crippen LogP contribution in [0.3, 0.4) is 0 Å². The fraction of sp³-hybridized carbons (Fsp3) is 0.176. The highest BCUT2D eigenvalue weighted by Gasteiger charge is 2.46. The molecule has 1 heteroatoms. The summed E-state index contributed by atoms with van der Waals surface area (Å²) >= 11 is 0. The maximum atomic E-state index is 2.28. The summed E-state index contributed by atoms with van der Waals surface area (Å²) < 4.78 is 0. The summed E-state index contributed by atoms with van der Waals surface area (Å²) in [4.78, 5) is 0. The lowest BCUT2D eigenvalue weighted by atomic mass is 9.99. The Kier molecular flexibility index (Phi) is 2.38. The second-order valence-electron chi connectivity index (χ2n) is 5.07. The molecule has 2 unspecified atom stereocenters. The van der Waals surface area contributed by atoms with E-state index in [2.05, 4.69) is 60.7 Å². The van der Waals surface area contributed by atoms with E-state index in [0.29, 0.717) is 0 Å². The molecular weight excluding hydrogens is 235 g/mol. The van der Waals surface area contributed by atoms with Crippen molar-refractivity contribution in [3.05, 3.63) is 71.8 Å². The summed E-state index contributed by atoms with van der Waals surface area (Å²) in [5, 5.41) is 1.68. The van der Waals surface area contributed by atoms with Gasteiger partial charge in [-0.25, -0.2) is 0 Å². The second-order valence-corrected chi connectivity index (χ2v) is 7.55. The molecule has 0 aliphatic carbocycles. The summed E-state index contributed by atoms with van der Waals surface area (Å²) in [6, 6.07) is 21.9. The maximum absolute atomic E-state index is 2.28. The fourth-order valence-electron chi connectivity index (χ4n) is 2.96.